The molecule has 0 aliphatic carbocycles. The van der Waals surface area contributed by atoms with Gasteiger partial charge in [0.2, 0.25) is 0 Å². The molecule has 6 heteroatoms. The molecule has 0 bridgehead atoms. The van der Waals surface area contributed by atoms with Gasteiger partial charge in [-0.25, -0.2) is 0 Å². The number of non-ortho nitro benzene ring substituents is 1. The molecule has 1 fully saturated rings. The minimum absolute atomic E-state index is 0.134. The van der Waals surface area contributed by atoms with Crippen LogP contribution in [0.2, 0.25) is 0 Å². The van der Waals surface area contributed by atoms with Crippen molar-refractivity contribution in [2.75, 3.05) is 26.2 Å². The number of hydrogen-bond acceptors (Lipinski definition) is 5. The summed E-state index contributed by atoms with van der Waals surface area (Å²) in [5.41, 5.74) is 1.05. The van der Waals surface area contributed by atoms with Crippen molar-refractivity contribution in [2.45, 2.75) is 32.5 Å². The topological polar surface area (TPSA) is 67.6 Å². The van der Waals surface area contributed by atoms with Crippen LogP contribution in [0.25, 0.3) is 0 Å². The number of morpholine rings is 1. The largest absolute Gasteiger partial charge is 0.374 e. The van der Waals surface area contributed by atoms with Crippen LogP contribution >= 0.6 is 0 Å². The molecule has 0 amide bonds. The summed E-state index contributed by atoms with van der Waals surface area (Å²) in [5, 5.41) is 14.1. The fourth-order valence-corrected chi connectivity index (χ4v) is 2.49. The minimum Gasteiger partial charge on any atom is -0.374 e. The highest BCUT2D eigenvalue weighted by atomic mass is 16.6. The normalized spacial score (nSPS) is 19.9. The molecule has 1 unspecified atom stereocenters. The Bertz CT molecular complexity index is 479. The summed E-state index contributed by atoms with van der Waals surface area (Å²) in [5.74, 6) is 0. The first-order valence-electron chi connectivity index (χ1n) is 7.36. The average Bonchev–Trinajstić information content (AvgIpc) is 2.48. The van der Waals surface area contributed by atoms with Gasteiger partial charge in [-0.3, -0.25) is 15.0 Å². The molecule has 21 heavy (non-hydrogen) atoms. The molecule has 1 aromatic carbocycles. The third kappa shape index (κ3) is 4.77. The summed E-state index contributed by atoms with van der Waals surface area (Å²) >= 11 is 0. The van der Waals surface area contributed by atoms with Crippen molar-refractivity contribution in [3.63, 3.8) is 0 Å². The third-order valence-electron chi connectivity index (χ3n) is 3.72. The van der Waals surface area contributed by atoms with Crippen molar-refractivity contribution in [1.82, 2.24) is 10.2 Å². The summed E-state index contributed by atoms with van der Waals surface area (Å²) in [7, 11) is 0. The predicted octanol–water partition coefficient (Wildman–Crippen LogP) is 1.79. The van der Waals surface area contributed by atoms with E-state index in [-0.39, 0.29) is 16.7 Å². The Balaban J connectivity index is 1.79. The van der Waals surface area contributed by atoms with Crippen molar-refractivity contribution in [1.29, 1.82) is 0 Å². The Morgan fingerprint density at radius 2 is 2.33 bits per heavy atom. The van der Waals surface area contributed by atoms with E-state index in [4.69, 9.17) is 4.74 Å². The Morgan fingerprint density at radius 1 is 1.52 bits per heavy atom. The van der Waals surface area contributed by atoms with Crippen LogP contribution in [0.1, 0.15) is 19.4 Å². The van der Waals surface area contributed by atoms with E-state index in [1.165, 1.54) is 6.07 Å². The molecule has 1 heterocycles. The van der Waals surface area contributed by atoms with Gasteiger partial charge in [0.1, 0.15) is 0 Å². The lowest BCUT2D eigenvalue weighted by molar-refractivity contribution is -0.384. The van der Waals surface area contributed by atoms with Crippen molar-refractivity contribution in [3.8, 4) is 0 Å². The van der Waals surface area contributed by atoms with E-state index in [1.54, 1.807) is 12.1 Å². The quantitative estimate of drug-likeness (QED) is 0.640. The molecule has 1 saturated heterocycles. The maximum Gasteiger partial charge on any atom is 0.269 e. The number of hydrogen-bond donors (Lipinski definition) is 1. The SMILES string of the molecule is CC(C)N1CCOC(CNCc2cccc([N+](=O)[O-])c2)C1. The fourth-order valence-electron chi connectivity index (χ4n) is 2.49. The molecule has 0 aromatic heterocycles. The van der Waals surface area contributed by atoms with E-state index in [0.717, 1.165) is 31.8 Å². The second-order valence-corrected chi connectivity index (χ2v) is 5.64. The lowest BCUT2D eigenvalue weighted by atomic mass is 10.2. The molecule has 1 aliphatic rings. The zero-order chi connectivity index (χ0) is 15.2. The monoisotopic (exact) mass is 293 g/mol. The Hall–Kier alpha value is -1.50. The van der Waals surface area contributed by atoms with E-state index >= 15 is 0 Å². The van der Waals surface area contributed by atoms with Crippen LogP contribution in [-0.4, -0.2) is 48.2 Å². The number of rotatable bonds is 6. The third-order valence-corrected chi connectivity index (χ3v) is 3.72. The van der Waals surface area contributed by atoms with Gasteiger partial charge in [0, 0.05) is 44.4 Å². The molecular formula is C15H23N3O3. The van der Waals surface area contributed by atoms with Gasteiger partial charge in [-0.1, -0.05) is 12.1 Å². The highest BCUT2D eigenvalue weighted by Crippen LogP contribution is 2.13. The van der Waals surface area contributed by atoms with Gasteiger partial charge in [0.25, 0.3) is 5.69 Å². The van der Waals surface area contributed by atoms with E-state index < -0.39 is 0 Å². The number of benzene rings is 1. The number of ether oxygens (including phenoxy) is 1. The van der Waals surface area contributed by atoms with Gasteiger partial charge in [-0.05, 0) is 19.4 Å². The number of nitrogens with one attached hydrogen (secondary N) is 1. The summed E-state index contributed by atoms with van der Waals surface area (Å²) < 4.78 is 5.75. The van der Waals surface area contributed by atoms with Gasteiger partial charge >= 0.3 is 0 Å². The zero-order valence-corrected chi connectivity index (χ0v) is 12.6. The van der Waals surface area contributed by atoms with Crippen LogP contribution in [0.5, 0.6) is 0 Å². The maximum absolute atomic E-state index is 10.7. The smallest absolute Gasteiger partial charge is 0.269 e. The molecule has 0 spiro atoms. The molecule has 1 aliphatic heterocycles. The molecular weight excluding hydrogens is 270 g/mol. The summed E-state index contributed by atoms with van der Waals surface area (Å²) in [6.07, 6.45) is 0.180. The average molecular weight is 293 g/mol. The van der Waals surface area contributed by atoms with Crippen molar-refractivity contribution < 1.29 is 9.66 Å². The standard InChI is InChI=1S/C15H23N3O3/c1-12(2)17-6-7-21-15(11-17)10-16-9-13-4-3-5-14(8-13)18(19)20/h3-5,8,12,15-16H,6-7,9-11H2,1-2H3. The molecule has 0 radical (unpaired) electrons. The molecule has 1 N–H and O–H groups in total. The van der Waals surface area contributed by atoms with Crippen LogP contribution in [0.4, 0.5) is 5.69 Å². The summed E-state index contributed by atoms with van der Waals surface area (Å²) in [6.45, 7) is 8.44. The Labute approximate surface area is 125 Å². The van der Waals surface area contributed by atoms with Gasteiger partial charge in [0.05, 0.1) is 17.6 Å². The highest BCUT2D eigenvalue weighted by molar-refractivity contribution is 5.34. The lowest BCUT2D eigenvalue weighted by Gasteiger charge is -2.35. The zero-order valence-electron chi connectivity index (χ0n) is 12.6. The van der Waals surface area contributed by atoms with Crippen LogP contribution < -0.4 is 5.32 Å². The Kier molecular flexibility index (Phi) is 5.67. The van der Waals surface area contributed by atoms with Gasteiger partial charge in [-0.2, -0.15) is 0 Å². The first-order chi connectivity index (χ1) is 10.1. The molecule has 6 nitrogen and oxygen atoms in total. The highest BCUT2D eigenvalue weighted by Gasteiger charge is 2.21. The van der Waals surface area contributed by atoms with E-state index in [2.05, 4.69) is 24.1 Å². The van der Waals surface area contributed by atoms with Crippen molar-refractivity contribution in [3.05, 3.63) is 39.9 Å². The maximum atomic E-state index is 10.7. The fraction of sp³-hybridized carbons (Fsp3) is 0.600. The first kappa shape index (κ1) is 15.9. The predicted molar refractivity (Wildman–Crippen MR) is 81.3 cm³/mol. The number of nitrogens with zero attached hydrogens (tertiary/aromatic N) is 2. The Morgan fingerprint density at radius 3 is 3.05 bits per heavy atom. The molecule has 1 aromatic rings. The van der Waals surface area contributed by atoms with Gasteiger partial charge in [0.15, 0.2) is 0 Å². The number of nitro groups is 1. The van der Waals surface area contributed by atoms with Crippen molar-refractivity contribution >= 4 is 5.69 Å². The van der Waals surface area contributed by atoms with Crippen LogP contribution in [0.15, 0.2) is 24.3 Å². The second kappa shape index (κ2) is 7.49. The van der Waals surface area contributed by atoms with Crippen LogP contribution in [0.3, 0.4) is 0 Å². The second-order valence-electron chi connectivity index (χ2n) is 5.64. The van der Waals surface area contributed by atoms with E-state index in [9.17, 15) is 10.1 Å². The van der Waals surface area contributed by atoms with Crippen LogP contribution in [-0.2, 0) is 11.3 Å². The first-order valence-corrected chi connectivity index (χ1v) is 7.36. The lowest BCUT2D eigenvalue weighted by Crippen LogP contribution is -2.48. The van der Waals surface area contributed by atoms with Crippen LogP contribution in [0, 0.1) is 10.1 Å². The van der Waals surface area contributed by atoms with Crippen molar-refractivity contribution in [2.24, 2.45) is 0 Å². The molecule has 116 valence electrons. The van der Waals surface area contributed by atoms with E-state index in [0.29, 0.717) is 12.6 Å². The molecule has 2 rings (SSSR count). The minimum atomic E-state index is -0.367. The van der Waals surface area contributed by atoms with E-state index in [1.807, 2.05) is 6.07 Å². The molecule has 1 atom stereocenters. The summed E-state index contributed by atoms with van der Waals surface area (Å²) in [4.78, 5) is 12.8. The van der Waals surface area contributed by atoms with Gasteiger partial charge < -0.3 is 10.1 Å². The van der Waals surface area contributed by atoms with Gasteiger partial charge in [-0.15, -0.1) is 0 Å². The summed E-state index contributed by atoms with van der Waals surface area (Å²) in [6, 6.07) is 7.26. The number of nitro benzene ring substituents is 1. The molecule has 0 saturated carbocycles.